The van der Waals surface area contributed by atoms with Crippen molar-refractivity contribution in [1.82, 2.24) is 10.6 Å². The molecule has 0 heterocycles. The molecule has 2 N–H and O–H groups in total. The van der Waals surface area contributed by atoms with E-state index >= 15 is 0 Å². The number of amides is 1. The van der Waals surface area contributed by atoms with Gasteiger partial charge in [-0.05, 0) is 19.1 Å². The van der Waals surface area contributed by atoms with E-state index in [1.165, 1.54) is 25.1 Å². The van der Waals surface area contributed by atoms with Crippen molar-refractivity contribution >= 4 is 17.5 Å². The molecule has 1 rings (SSSR count). The fourth-order valence-corrected chi connectivity index (χ4v) is 1.96. The summed E-state index contributed by atoms with van der Waals surface area (Å²) in [5.74, 6) is -0.689. The minimum Gasteiger partial charge on any atom is -0.353 e. The van der Waals surface area contributed by atoms with Crippen molar-refractivity contribution in [3.8, 4) is 6.07 Å². The Bertz CT molecular complexity index is 481. The molecule has 0 spiro atoms. The quantitative estimate of drug-likeness (QED) is 0.870. The van der Waals surface area contributed by atoms with E-state index < -0.39 is 11.9 Å². The Morgan fingerprint density at radius 3 is 2.79 bits per heavy atom. The SMILES string of the molecule is CC(=O)NC(C)CNC(C#N)c1c(F)cccc1Cl. The van der Waals surface area contributed by atoms with Gasteiger partial charge in [0.25, 0.3) is 0 Å². The van der Waals surface area contributed by atoms with Crippen LogP contribution in [0.2, 0.25) is 5.02 Å². The molecule has 6 heteroatoms. The minimum absolute atomic E-state index is 0.127. The molecule has 0 bridgehead atoms. The van der Waals surface area contributed by atoms with Crippen molar-refractivity contribution in [3.05, 3.63) is 34.6 Å². The molecule has 102 valence electrons. The molecular weight excluding hydrogens is 269 g/mol. The lowest BCUT2D eigenvalue weighted by molar-refractivity contribution is -0.119. The van der Waals surface area contributed by atoms with E-state index in [-0.39, 0.29) is 22.5 Å². The largest absolute Gasteiger partial charge is 0.353 e. The molecule has 1 aromatic rings. The van der Waals surface area contributed by atoms with Gasteiger partial charge < -0.3 is 5.32 Å². The van der Waals surface area contributed by atoms with Crippen molar-refractivity contribution < 1.29 is 9.18 Å². The molecule has 1 amide bonds. The Kier molecular flexibility index (Phi) is 5.74. The van der Waals surface area contributed by atoms with Gasteiger partial charge in [0.05, 0.1) is 6.07 Å². The van der Waals surface area contributed by atoms with E-state index in [1.807, 2.05) is 6.07 Å². The Morgan fingerprint density at radius 2 is 2.26 bits per heavy atom. The van der Waals surface area contributed by atoms with Gasteiger partial charge in [-0.25, -0.2) is 4.39 Å². The number of nitrogens with one attached hydrogen (secondary N) is 2. The lowest BCUT2D eigenvalue weighted by Gasteiger charge is -2.18. The standard InChI is InChI=1S/C13H15ClFN3O/c1-8(18-9(2)19)7-17-12(6-16)13-10(14)4-3-5-11(13)15/h3-5,8,12,17H,7H2,1-2H3,(H,18,19). The first-order chi connectivity index (χ1) is 8.95. The number of halogens is 2. The van der Waals surface area contributed by atoms with Gasteiger partial charge in [0, 0.05) is 30.1 Å². The van der Waals surface area contributed by atoms with Crippen LogP contribution in [-0.4, -0.2) is 18.5 Å². The number of carbonyl (C=O) groups excluding carboxylic acids is 1. The maximum atomic E-state index is 13.7. The van der Waals surface area contributed by atoms with Crippen LogP contribution in [0.5, 0.6) is 0 Å². The monoisotopic (exact) mass is 283 g/mol. The summed E-state index contributed by atoms with van der Waals surface area (Å²) in [5, 5.41) is 14.8. The molecule has 0 saturated heterocycles. The van der Waals surface area contributed by atoms with Gasteiger partial charge in [-0.3, -0.25) is 10.1 Å². The summed E-state index contributed by atoms with van der Waals surface area (Å²) in [5.41, 5.74) is 0.127. The van der Waals surface area contributed by atoms with Gasteiger partial charge in [-0.2, -0.15) is 5.26 Å². The minimum atomic E-state index is -0.857. The fourth-order valence-electron chi connectivity index (χ4n) is 1.69. The number of benzene rings is 1. The normalized spacial score (nSPS) is 13.4. The van der Waals surface area contributed by atoms with Crippen LogP contribution in [-0.2, 0) is 4.79 Å². The Morgan fingerprint density at radius 1 is 1.58 bits per heavy atom. The smallest absolute Gasteiger partial charge is 0.217 e. The zero-order valence-electron chi connectivity index (χ0n) is 10.7. The van der Waals surface area contributed by atoms with Crippen molar-refractivity contribution in [1.29, 1.82) is 5.26 Å². The maximum Gasteiger partial charge on any atom is 0.217 e. The Labute approximate surface area is 116 Å². The van der Waals surface area contributed by atoms with Gasteiger partial charge >= 0.3 is 0 Å². The topological polar surface area (TPSA) is 64.9 Å². The van der Waals surface area contributed by atoms with E-state index in [0.717, 1.165) is 0 Å². The van der Waals surface area contributed by atoms with Gasteiger partial charge in [0.2, 0.25) is 5.91 Å². The third kappa shape index (κ3) is 4.51. The van der Waals surface area contributed by atoms with Gasteiger partial charge in [-0.1, -0.05) is 17.7 Å². The highest BCUT2D eigenvalue weighted by Gasteiger charge is 2.19. The van der Waals surface area contributed by atoms with E-state index in [2.05, 4.69) is 10.6 Å². The molecule has 0 radical (unpaired) electrons. The maximum absolute atomic E-state index is 13.7. The average Bonchev–Trinajstić information content (AvgIpc) is 2.31. The van der Waals surface area contributed by atoms with Crippen molar-refractivity contribution in [2.24, 2.45) is 0 Å². The molecule has 0 aliphatic carbocycles. The average molecular weight is 284 g/mol. The number of nitriles is 1. The Hall–Kier alpha value is -1.64. The Balaban J connectivity index is 2.75. The highest BCUT2D eigenvalue weighted by molar-refractivity contribution is 6.31. The van der Waals surface area contributed by atoms with E-state index in [4.69, 9.17) is 16.9 Å². The zero-order valence-corrected chi connectivity index (χ0v) is 11.5. The molecule has 0 saturated carbocycles. The van der Waals surface area contributed by atoms with E-state index in [0.29, 0.717) is 6.54 Å². The highest BCUT2D eigenvalue weighted by atomic mass is 35.5. The van der Waals surface area contributed by atoms with E-state index in [9.17, 15) is 9.18 Å². The lowest BCUT2D eigenvalue weighted by atomic mass is 10.1. The van der Waals surface area contributed by atoms with Crippen LogP contribution >= 0.6 is 11.6 Å². The molecule has 0 aliphatic rings. The molecule has 2 atom stereocenters. The van der Waals surface area contributed by atoms with Gasteiger partial charge in [0.1, 0.15) is 11.9 Å². The van der Waals surface area contributed by atoms with Crippen LogP contribution in [0.25, 0.3) is 0 Å². The first-order valence-corrected chi connectivity index (χ1v) is 6.17. The van der Waals surface area contributed by atoms with Crippen molar-refractivity contribution in [2.45, 2.75) is 25.9 Å². The van der Waals surface area contributed by atoms with Crippen LogP contribution in [0.4, 0.5) is 4.39 Å². The molecule has 0 fully saturated rings. The predicted octanol–water partition coefficient (Wildman–Crippen LogP) is 2.16. The van der Waals surface area contributed by atoms with Gasteiger partial charge in [-0.15, -0.1) is 0 Å². The number of hydrogen-bond acceptors (Lipinski definition) is 3. The van der Waals surface area contributed by atoms with Crippen molar-refractivity contribution in [2.75, 3.05) is 6.54 Å². The van der Waals surface area contributed by atoms with Crippen LogP contribution in [0.3, 0.4) is 0 Å². The molecule has 1 aromatic carbocycles. The summed E-state index contributed by atoms with van der Waals surface area (Å²) < 4.78 is 13.7. The number of carbonyl (C=O) groups is 1. The number of nitrogens with zero attached hydrogens (tertiary/aromatic N) is 1. The first-order valence-electron chi connectivity index (χ1n) is 5.79. The second-order valence-electron chi connectivity index (χ2n) is 4.21. The third-order valence-corrected chi connectivity index (χ3v) is 2.82. The molecule has 0 aromatic heterocycles. The lowest BCUT2D eigenvalue weighted by Crippen LogP contribution is -2.40. The number of rotatable bonds is 5. The summed E-state index contributed by atoms with van der Waals surface area (Å²) in [6.45, 7) is 3.53. The second-order valence-corrected chi connectivity index (χ2v) is 4.61. The highest BCUT2D eigenvalue weighted by Crippen LogP contribution is 2.25. The fraction of sp³-hybridized carbons (Fsp3) is 0.385. The summed E-state index contributed by atoms with van der Waals surface area (Å²) in [6, 6.07) is 5.20. The summed E-state index contributed by atoms with van der Waals surface area (Å²) in [7, 11) is 0. The molecule has 19 heavy (non-hydrogen) atoms. The van der Waals surface area contributed by atoms with E-state index in [1.54, 1.807) is 6.92 Å². The molecular formula is C13H15ClFN3O. The number of hydrogen-bond donors (Lipinski definition) is 2. The van der Waals surface area contributed by atoms with Gasteiger partial charge in [0.15, 0.2) is 0 Å². The summed E-state index contributed by atoms with van der Waals surface area (Å²) in [6.07, 6.45) is 0. The summed E-state index contributed by atoms with van der Waals surface area (Å²) in [4.78, 5) is 10.9. The molecule has 0 aliphatic heterocycles. The molecule has 4 nitrogen and oxygen atoms in total. The molecule has 2 unspecified atom stereocenters. The van der Waals surface area contributed by atoms with Crippen LogP contribution in [0.1, 0.15) is 25.5 Å². The summed E-state index contributed by atoms with van der Waals surface area (Å²) >= 11 is 5.90. The predicted molar refractivity (Wildman–Crippen MR) is 71.0 cm³/mol. The zero-order chi connectivity index (χ0) is 14.4. The van der Waals surface area contributed by atoms with Crippen LogP contribution < -0.4 is 10.6 Å². The van der Waals surface area contributed by atoms with Crippen LogP contribution in [0.15, 0.2) is 18.2 Å². The second kappa shape index (κ2) is 7.07. The van der Waals surface area contributed by atoms with Crippen molar-refractivity contribution in [3.63, 3.8) is 0 Å². The van der Waals surface area contributed by atoms with Crippen LogP contribution in [0, 0.1) is 17.1 Å². The third-order valence-electron chi connectivity index (χ3n) is 2.50. The first kappa shape index (κ1) is 15.4.